The van der Waals surface area contributed by atoms with Crippen LogP contribution < -0.4 is 10.1 Å². The number of carbonyl (C=O) groups excluding carboxylic acids is 1. The number of para-hydroxylation sites is 1. The van der Waals surface area contributed by atoms with E-state index < -0.39 is 5.91 Å². The average molecular weight is 440 g/mol. The highest BCUT2D eigenvalue weighted by molar-refractivity contribution is 9.10. The van der Waals surface area contributed by atoms with Gasteiger partial charge in [-0.1, -0.05) is 12.1 Å². The third-order valence-electron chi connectivity index (χ3n) is 3.75. The van der Waals surface area contributed by atoms with Gasteiger partial charge in [-0.25, -0.2) is 9.97 Å². The number of furan rings is 2. The molecule has 0 atom stereocenters. The zero-order valence-corrected chi connectivity index (χ0v) is 16.0. The predicted octanol–water partition coefficient (Wildman–Crippen LogP) is 4.92. The number of carbonyl (C=O) groups is 1. The normalized spacial score (nSPS) is 10.6. The fourth-order valence-corrected chi connectivity index (χ4v) is 2.83. The Morgan fingerprint density at radius 3 is 2.82 bits per heavy atom. The smallest absolute Gasteiger partial charge is 0.293 e. The van der Waals surface area contributed by atoms with Crippen LogP contribution in [0.2, 0.25) is 0 Å². The van der Waals surface area contributed by atoms with Crippen molar-refractivity contribution in [1.82, 2.24) is 9.97 Å². The highest BCUT2D eigenvalue weighted by Crippen LogP contribution is 2.25. The molecule has 28 heavy (non-hydrogen) atoms. The Morgan fingerprint density at radius 2 is 2.00 bits per heavy atom. The second-order valence-electron chi connectivity index (χ2n) is 5.68. The largest absolute Gasteiger partial charge is 0.484 e. The van der Waals surface area contributed by atoms with Gasteiger partial charge < -0.3 is 13.6 Å². The number of aromatic nitrogens is 2. The van der Waals surface area contributed by atoms with E-state index in [0.717, 1.165) is 4.47 Å². The first kappa shape index (κ1) is 18.0. The molecule has 0 saturated heterocycles. The van der Waals surface area contributed by atoms with Crippen molar-refractivity contribution in [2.75, 3.05) is 5.32 Å². The van der Waals surface area contributed by atoms with Crippen LogP contribution in [0, 0.1) is 0 Å². The van der Waals surface area contributed by atoms with Crippen LogP contribution in [-0.2, 0) is 6.61 Å². The summed E-state index contributed by atoms with van der Waals surface area (Å²) in [6.45, 7) is 0.195. The maximum atomic E-state index is 12.4. The molecule has 0 unspecified atom stereocenters. The first-order valence-electron chi connectivity index (χ1n) is 8.33. The van der Waals surface area contributed by atoms with Gasteiger partial charge in [0.25, 0.3) is 5.91 Å². The van der Waals surface area contributed by atoms with Crippen LogP contribution in [0.15, 0.2) is 80.4 Å². The van der Waals surface area contributed by atoms with Gasteiger partial charge in [0, 0.05) is 6.20 Å². The van der Waals surface area contributed by atoms with E-state index in [1.54, 1.807) is 42.8 Å². The molecule has 0 saturated carbocycles. The molecular formula is C20H14BrN3O4. The number of rotatable bonds is 6. The molecule has 3 aromatic heterocycles. The lowest BCUT2D eigenvalue weighted by Gasteiger charge is -2.06. The lowest BCUT2D eigenvalue weighted by atomic mass is 10.3. The second-order valence-corrected chi connectivity index (χ2v) is 6.54. The van der Waals surface area contributed by atoms with Gasteiger partial charge in [-0.05, 0) is 58.4 Å². The Labute approximate surface area is 168 Å². The number of amides is 1. The van der Waals surface area contributed by atoms with Gasteiger partial charge in [0.1, 0.15) is 23.8 Å². The lowest BCUT2D eigenvalue weighted by Crippen LogP contribution is -2.13. The molecule has 1 N–H and O–H groups in total. The molecule has 0 bridgehead atoms. The molecule has 1 amide bonds. The lowest BCUT2D eigenvalue weighted by molar-refractivity contribution is 0.0991. The van der Waals surface area contributed by atoms with Gasteiger partial charge in [0.15, 0.2) is 11.5 Å². The van der Waals surface area contributed by atoms with Crippen LogP contribution >= 0.6 is 15.9 Å². The van der Waals surface area contributed by atoms with Crippen LogP contribution in [0.5, 0.6) is 5.75 Å². The maximum absolute atomic E-state index is 12.4. The van der Waals surface area contributed by atoms with Crippen LogP contribution in [0.3, 0.4) is 0 Å². The zero-order valence-electron chi connectivity index (χ0n) is 14.5. The van der Waals surface area contributed by atoms with Gasteiger partial charge in [-0.3, -0.25) is 10.1 Å². The van der Waals surface area contributed by atoms with Gasteiger partial charge in [0.2, 0.25) is 5.95 Å². The Balaban J connectivity index is 1.41. The molecule has 0 spiro atoms. The van der Waals surface area contributed by atoms with Gasteiger partial charge >= 0.3 is 0 Å². The molecule has 4 rings (SSSR count). The molecule has 3 heterocycles. The topological polar surface area (TPSA) is 90.4 Å². The molecule has 0 aliphatic carbocycles. The third kappa shape index (κ3) is 4.12. The van der Waals surface area contributed by atoms with E-state index in [1.165, 1.54) is 0 Å². The Morgan fingerprint density at radius 1 is 1.11 bits per heavy atom. The average Bonchev–Trinajstić information content (AvgIpc) is 3.40. The predicted molar refractivity (Wildman–Crippen MR) is 105 cm³/mol. The third-order valence-corrected chi connectivity index (χ3v) is 4.40. The summed E-state index contributed by atoms with van der Waals surface area (Å²) in [7, 11) is 0. The van der Waals surface area contributed by atoms with Crippen molar-refractivity contribution >= 4 is 27.8 Å². The van der Waals surface area contributed by atoms with E-state index in [1.807, 2.05) is 24.3 Å². The van der Waals surface area contributed by atoms with Gasteiger partial charge in [0.05, 0.1) is 10.7 Å². The number of nitrogens with one attached hydrogen (secondary N) is 1. The van der Waals surface area contributed by atoms with E-state index >= 15 is 0 Å². The fourth-order valence-electron chi connectivity index (χ4n) is 2.43. The second kappa shape index (κ2) is 8.10. The first-order chi connectivity index (χ1) is 13.7. The van der Waals surface area contributed by atoms with Crippen LogP contribution in [-0.4, -0.2) is 15.9 Å². The standard InChI is InChI=1S/C20H14BrN3O4/c21-14-4-1-2-5-16(14)27-12-13-7-8-18(28-13)19(25)24-20-22-10-9-15(23-20)17-6-3-11-26-17/h1-11H,12H2,(H,22,23,24,25). The van der Waals surface area contributed by atoms with Gasteiger partial charge in [-0.15, -0.1) is 0 Å². The molecule has 1 aromatic carbocycles. The maximum Gasteiger partial charge on any atom is 0.293 e. The Hall–Kier alpha value is -3.39. The van der Waals surface area contributed by atoms with Crippen molar-refractivity contribution in [1.29, 1.82) is 0 Å². The minimum Gasteiger partial charge on any atom is -0.484 e. The Bertz CT molecular complexity index is 1090. The van der Waals surface area contributed by atoms with E-state index in [2.05, 4.69) is 31.2 Å². The minimum atomic E-state index is -0.455. The number of benzene rings is 1. The van der Waals surface area contributed by atoms with E-state index in [9.17, 15) is 4.79 Å². The quantitative estimate of drug-likeness (QED) is 0.458. The minimum absolute atomic E-state index is 0.137. The van der Waals surface area contributed by atoms with Crippen molar-refractivity contribution in [3.8, 4) is 17.2 Å². The van der Waals surface area contributed by atoms with E-state index in [4.69, 9.17) is 13.6 Å². The Kier molecular flexibility index (Phi) is 5.20. The monoisotopic (exact) mass is 439 g/mol. The summed E-state index contributed by atoms with van der Waals surface area (Å²) in [6.07, 6.45) is 3.09. The molecule has 4 aromatic rings. The number of hydrogen-bond acceptors (Lipinski definition) is 6. The summed E-state index contributed by atoms with van der Waals surface area (Å²) in [6, 6.07) is 16.0. The van der Waals surface area contributed by atoms with Crippen LogP contribution in [0.1, 0.15) is 16.3 Å². The number of halogens is 1. The summed E-state index contributed by atoms with van der Waals surface area (Å²) >= 11 is 3.42. The van der Waals surface area contributed by atoms with Crippen molar-refractivity contribution in [2.24, 2.45) is 0 Å². The summed E-state index contributed by atoms with van der Waals surface area (Å²) in [5.41, 5.74) is 0.567. The summed E-state index contributed by atoms with van der Waals surface area (Å²) in [5, 5.41) is 2.61. The molecule has 0 aliphatic heterocycles. The highest BCUT2D eigenvalue weighted by Gasteiger charge is 2.14. The summed E-state index contributed by atoms with van der Waals surface area (Å²) in [4.78, 5) is 20.7. The van der Waals surface area contributed by atoms with Crippen molar-refractivity contribution < 1.29 is 18.4 Å². The first-order valence-corrected chi connectivity index (χ1v) is 9.12. The molecule has 8 heteroatoms. The number of hydrogen-bond donors (Lipinski definition) is 1. The summed E-state index contributed by atoms with van der Waals surface area (Å²) in [5.74, 6) is 1.63. The number of anilines is 1. The molecule has 0 fully saturated rings. The molecular weight excluding hydrogens is 426 g/mol. The molecule has 0 radical (unpaired) electrons. The zero-order chi connectivity index (χ0) is 19.3. The van der Waals surface area contributed by atoms with Crippen molar-refractivity contribution in [2.45, 2.75) is 6.61 Å². The van der Waals surface area contributed by atoms with Crippen molar-refractivity contribution in [3.05, 3.63) is 83.1 Å². The molecule has 140 valence electrons. The van der Waals surface area contributed by atoms with Crippen molar-refractivity contribution in [3.63, 3.8) is 0 Å². The number of nitrogens with zero attached hydrogens (tertiary/aromatic N) is 2. The number of ether oxygens (including phenoxy) is 1. The van der Waals surface area contributed by atoms with Crippen LogP contribution in [0.4, 0.5) is 5.95 Å². The fraction of sp³-hybridized carbons (Fsp3) is 0.0500. The van der Waals surface area contributed by atoms with Gasteiger partial charge in [-0.2, -0.15) is 0 Å². The summed E-state index contributed by atoms with van der Waals surface area (Å²) < 4.78 is 17.4. The SMILES string of the molecule is O=C(Nc1nccc(-c2ccco2)n1)c1ccc(COc2ccccc2Br)o1. The van der Waals surface area contributed by atoms with E-state index in [-0.39, 0.29) is 18.3 Å². The molecule has 7 nitrogen and oxygen atoms in total. The van der Waals surface area contributed by atoms with Crippen LogP contribution in [0.25, 0.3) is 11.5 Å². The highest BCUT2D eigenvalue weighted by atomic mass is 79.9. The molecule has 0 aliphatic rings. The van der Waals surface area contributed by atoms with E-state index in [0.29, 0.717) is 23.0 Å².